The molecule has 0 bridgehead atoms. The van der Waals surface area contributed by atoms with Crippen molar-refractivity contribution in [3.8, 4) is 0 Å². The molecule has 0 spiro atoms. The monoisotopic (exact) mass is 312 g/mol. The minimum Gasteiger partial charge on any atom is -0.203 e. The maximum atomic E-state index is 12.4. The van der Waals surface area contributed by atoms with Crippen molar-refractivity contribution in [2.45, 2.75) is 12.3 Å². The molecule has 0 radical (unpaired) electrons. The fraction of sp³-hybridized carbons (Fsp3) is 0.500. The third kappa shape index (κ3) is 1.84. The first kappa shape index (κ1) is 10.1. The molecule has 12 heavy (non-hydrogen) atoms. The van der Waals surface area contributed by atoms with Crippen molar-refractivity contribution in [1.29, 1.82) is 0 Å². The number of hydrogen-bond donors (Lipinski definition) is 0. The van der Waals surface area contributed by atoms with E-state index in [9.17, 15) is 17.6 Å². The standard InChI is InChI=1S/C4HF4IN2S/c5-1(6)4(7,8)2-10-11-3(9)12-2/h1H. The molecule has 1 aromatic heterocycles. The Kier molecular flexibility index (Phi) is 2.86. The summed E-state index contributed by atoms with van der Waals surface area (Å²) in [4.78, 5) is 0. The molecule has 0 saturated heterocycles. The zero-order valence-corrected chi connectivity index (χ0v) is 8.24. The van der Waals surface area contributed by atoms with Crippen LogP contribution in [0.15, 0.2) is 0 Å². The molecule has 0 aromatic carbocycles. The van der Waals surface area contributed by atoms with Gasteiger partial charge in [0.2, 0.25) is 0 Å². The maximum Gasteiger partial charge on any atom is 0.359 e. The summed E-state index contributed by atoms with van der Waals surface area (Å²) in [7, 11) is 0. The third-order valence-corrected chi connectivity index (χ3v) is 2.63. The lowest BCUT2D eigenvalue weighted by Crippen LogP contribution is -2.23. The first-order valence-corrected chi connectivity index (χ1v) is 4.49. The van der Waals surface area contributed by atoms with Crippen LogP contribution in [0.25, 0.3) is 0 Å². The van der Waals surface area contributed by atoms with Gasteiger partial charge in [-0.05, 0) is 22.6 Å². The summed E-state index contributed by atoms with van der Waals surface area (Å²) in [5.41, 5.74) is 0. The van der Waals surface area contributed by atoms with Gasteiger partial charge in [0.1, 0.15) is 0 Å². The Hall–Kier alpha value is 0.01000. The van der Waals surface area contributed by atoms with Crippen molar-refractivity contribution in [3.05, 3.63) is 8.02 Å². The Morgan fingerprint density at radius 2 is 1.92 bits per heavy atom. The molecule has 0 saturated carbocycles. The second kappa shape index (κ2) is 3.40. The molecule has 2 nitrogen and oxygen atoms in total. The van der Waals surface area contributed by atoms with Gasteiger partial charge in [-0.3, -0.25) is 0 Å². The normalized spacial score (nSPS) is 12.5. The van der Waals surface area contributed by atoms with Crippen molar-refractivity contribution in [3.63, 3.8) is 0 Å². The van der Waals surface area contributed by atoms with Gasteiger partial charge in [0.25, 0.3) is 0 Å². The highest BCUT2D eigenvalue weighted by Crippen LogP contribution is 2.36. The van der Waals surface area contributed by atoms with E-state index in [4.69, 9.17) is 0 Å². The molecule has 68 valence electrons. The van der Waals surface area contributed by atoms with Crippen LogP contribution in [-0.4, -0.2) is 16.6 Å². The van der Waals surface area contributed by atoms with Gasteiger partial charge in [-0.25, -0.2) is 8.78 Å². The average Bonchev–Trinajstić information content (AvgIpc) is 2.35. The van der Waals surface area contributed by atoms with E-state index in [2.05, 4.69) is 10.2 Å². The summed E-state index contributed by atoms with van der Waals surface area (Å²) in [6, 6.07) is 0. The maximum absolute atomic E-state index is 12.4. The zero-order valence-electron chi connectivity index (χ0n) is 5.27. The van der Waals surface area contributed by atoms with Gasteiger partial charge >= 0.3 is 12.3 Å². The van der Waals surface area contributed by atoms with Crippen molar-refractivity contribution >= 4 is 33.9 Å². The topological polar surface area (TPSA) is 25.8 Å². The first-order valence-electron chi connectivity index (χ1n) is 2.60. The molecule has 0 aliphatic heterocycles. The summed E-state index contributed by atoms with van der Waals surface area (Å²) < 4.78 is 48.5. The summed E-state index contributed by atoms with van der Waals surface area (Å²) in [5.74, 6) is -4.18. The molecule has 0 aliphatic carbocycles. The predicted octanol–water partition coefficient (Wildman–Crippen LogP) is 2.50. The van der Waals surface area contributed by atoms with Crippen molar-refractivity contribution in [1.82, 2.24) is 10.2 Å². The molecule has 0 amide bonds. The van der Waals surface area contributed by atoms with E-state index in [1.54, 1.807) is 22.6 Å². The van der Waals surface area contributed by atoms with Crippen molar-refractivity contribution in [2.75, 3.05) is 0 Å². The third-order valence-electron chi connectivity index (χ3n) is 0.960. The van der Waals surface area contributed by atoms with E-state index in [1.807, 2.05) is 0 Å². The molecule has 1 heterocycles. The fourth-order valence-corrected chi connectivity index (χ4v) is 1.71. The van der Waals surface area contributed by atoms with Gasteiger partial charge in [-0.2, -0.15) is 8.78 Å². The van der Waals surface area contributed by atoms with Gasteiger partial charge in [0, 0.05) is 0 Å². The van der Waals surface area contributed by atoms with E-state index in [1.165, 1.54) is 0 Å². The molecule has 8 heteroatoms. The van der Waals surface area contributed by atoms with Crippen LogP contribution in [0.2, 0.25) is 0 Å². The predicted molar refractivity (Wildman–Crippen MR) is 42.5 cm³/mol. The number of halogens is 5. The highest BCUT2D eigenvalue weighted by Gasteiger charge is 2.46. The second-order valence-electron chi connectivity index (χ2n) is 1.78. The molecule has 0 aliphatic rings. The minimum atomic E-state index is -4.18. The molecule has 0 N–H and O–H groups in total. The lowest BCUT2D eigenvalue weighted by atomic mass is 10.4. The average molecular weight is 312 g/mol. The Bertz CT molecular complexity index is 276. The number of aromatic nitrogens is 2. The summed E-state index contributed by atoms with van der Waals surface area (Å²) in [6.45, 7) is 0. The number of alkyl halides is 4. The minimum absolute atomic E-state index is 0.211. The molecular formula is C4HF4IN2S. The van der Waals surface area contributed by atoms with Crippen LogP contribution in [0, 0.1) is 3.01 Å². The Morgan fingerprint density at radius 1 is 1.33 bits per heavy atom. The van der Waals surface area contributed by atoms with E-state index < -0.39 is 17.4 Å². The Balaban J connectivity index is 2.97. The second-order valence-corrected chi connectivity index (χ2v) is 4.52. The quantitative estimate of drug-likeness (QED) is 0.619. The van der Waals surface area contributed by atoms with Crippen LogP contribution in [0.3, 0.4) is 0 Å². The fourth-order valence-electron chi connectivity index (χ4n) is 0.433. The largest absolute Gasteiger partial charge is 0.359 e. The Morgan fingerprint density at radius 3 is 2.25 bits per heavy atom. The first-order chi connectivity index (χ1) is 5.44. The van der Waals surface area contributed by atoms with Gasteiger partial charge in [-0.1, -0.05) is 11.3 Å². The van der Waals surface area contributed by atoms with Gasteiger partial charge in [0.05, 0.1) is 0 Å². The SMILES string of the molecule is FC(F)C(F)(F)c1nnc(I)s1. The highest BCUT2D eigenvalue weighted by molar-refractivity contribution is 14.1. The van der Waals surface area contributed by atoms with Crippen molar-refractivity contribution < 1.29 is 17.6 Å². The van der Waals surface area contributed by atoms with E-state index in [0.29, 0.717) is 11.3 Å². The highest BCUT2D eigenvalue weighted by atomic mass is 127. The lowest BCUT2D eigenvalue weighted by molar-refractivity contribution is -0.135. The summed E-state index contributed by atoms with van der Waals surface area (Å²) in [6.07, 6.45) is -3.73. The zero-order chi connectivity index (χ0) is 9.35. The van der Waals surface area contributed by atoms with Crippen LogP contribution in [-0.2, 0) is 5.92 Å². The summed E-state index contributed by atoms with van der Waals surface area (Å²) in [5, 5.41) is 5.20. The molecule has 0 atom stereocenters. The Labute approximate surface area is 82.1 Å². The molecule has 1 rings (SSSR count). The van der Waals surface area contributed by atoms with E-state index in [0.717, 1.165) is 0 Å². The summed E-state index contributed by atoms with van der Waals surface area (Å²) >= 11 is 2.09. The van der Waals surface area contributed by atoms with Gasteiger partial charge in [0.15, 0.2) is 8.02 Å². The smallest absolute Gasteiger partial charge is 0.203 e. The number of nitrogens with zero attached hydrogens (tertiary/aromatic N) is 2. The van der Waals surface area contributed by atoms with Crippen LogP contribution in [0.5, 0.6) is 0 Å². The van der Waals surface area contributed by atoms with Crippen LogP contribution < -0.4 is 0 Å². The van der Waals surface area contributed by atoms with Crippen LogP contribution in [0.1, 0.15) is 5.01 Å². The van der Waals surface area contributed by atoms with Crippen LogP contribution in [0.4, 0.5) is 17.6 Å². The molecule has 0 unspecified atom stereocenters. The molecule has 0 fully saturated rings. The number of hydrogen-bond acceptors (Lipinski definition) is 3. The van der Waals surface area contributed by atoms with Crippen molar-refractivity contribution in [2.24, 2.45) is 0 Å². The number of rotatable bonds is 2. The van der Waals surface area contributed by atoms with E-state index >= 15 is 0 Å². The van der Waals surface area contributed by atoms with Gasteiger partial charge < -0.3 is 0 Å². The van der Waals surface area contributed by atoms with E-state index in [-0.39, 0.29) is 3.01 Å². The van der Waals surface area contributed by atoms with Gasteiger partial charge in [-0.15, -0.1) is 10.2 Å². The molecular weight excluding hydrogens is 311 g/mol. The molecule has 1 aromatic rings. The lowest BCUT2D eigenvalue weighted by Gasteiger charge is -2.09. The van der Waals surface area contributed by atoms with Crippen LogP contribution >= 0.6 is 33.9 Å².